The summed E-state index contributed by atoms with van der Waals surface area (Å²) in [7, 11) is 0. The average Bonchev–Trinajstić information content (AvgIpc) is 3.10. The Morgan fingerprint density at radius 1 is 1.15 bits per heavy atom. The fraction of sp³-hybridized carbons (Fsp3) is 0.125. The third-order valence-electron chi connectivity index (χ3n) is 3.61. The number of aromatic nitrogens is 3. The number of nitrogens with zero attached hydrogens (tertiary/aromatic N) is 3. The molecule has 1 N–H and O–H groups in total. The van der Waals surface area contributed by atoms with Gasteiger partial charge in [-0.1, -0.05) is 12.1 Å². The highest BCUT2D eigenvalue weighted by Crippen LogP contribution is 2.36. The van der Waals surface area contributed by atoms with E-state index in [1.165, 1.54) is 0 Å². The number of hydrogen-bond acceptors (Lipinski definition) is 5. The molecule has 3 rings (SSSR count). The number of hydrogen-bond donors (Lipinski definition) is 1. The third-order valence-corrected chi connectivity index (χ3v) is 4.35. The smallest absolute Gasteiger partial charge is 0.258 e. The molecule has 1 heterocycles. The fourth-order valence-corrected chi connectivity index (χ4v) is 2.72. The van der Waals surface area contributed by atoms with Crippen LogP contribution < -0.4 is 0 Å². The second-order valence-corrected chi connectivity index (χ2v) is 6.10. The molecule has 0 aliphatic heterocycles. The Balaban J connectivity index is 2.01. The Morgan fingerprint density at radius 3 is 2.42 bits per heavy atom. The van der Waals surface area contributed by atoms with E-state index >= 15 is 0 Å². The van der Waals surface area contributed by atoms with Crippen LogP contribution in [0.5, 0.6) is 0 Å². The van der Waals surface area contributed by atoms with E-state index in [2.05, 4.69) is 15.2 Å². The molecule has 10 heteroatoms. The van der Waals surface area contributed by atoms with Crippen LogP contribution in [0.15, 0.2) is 47.4 Å². The standard InChI is InChI=1S/C16H11F3N4O2S/c1-26-11-5-2-9(3-6-11)14-20-15(22-21-14)12-7-4-10(16(17,18)19)8-13(12)23(24)25/h2-8H,1H3,(H,20,21,22). The Labute approximate surface area is 149 Å². The molecule has 0 radical (unpaired) electrons. The summed E-state index contributed by atoms with van der Waals surface area (Å²) in [6, 6.07) is 9.61. The van der Waals surface area contributed by atoms with Crippen molar-refractivity contribution in [3.8, 4) is 22.8 Å². The summed E-state index contributed by atoms with van der Waals surface area (Å²) in [5, 5.41) is 17.7. The summed E-state index contributed by atoms with van der Waals surface area (Å²) in [4.78, 5) is 15.5. The Bertz CT molecular complexity index is 955. The molecule has 0 aliphatic rings. The lowest BCUT2D eigenvalue weighted by molar-refractivity contribution is -0.384. The first-order valence-corrected chi connectivity index (χ1v) is 8.45. The molecular formula is C16H11F3N4O2S. The van der Waals surface area contributed by atoms with E-state index in [1.807, 2.05) is 18.4 Å². The van der Waals surface area contributed by atoms with E-state index in [0.717, 1.165) is 17.0 Å². The van der Waals surface area contributed by atoms with Gasteiger partial charge in [0.1, 0.15) is 0 Å². The highest BCUT2D eigenvalue weighted by molar-refractivity contribution is 7.98. The monoisotopic (exact) mass is 380 g/mol. The van der Waals surface area contributed by atoms with Crippen molar-refractivity contribution in [2.24, 2.45) is 0 Å². The molecule has 2 aromatic carbocycles. The van der Waals surface area contributed by atoms with Gasteiger partial charge in [-0.3, -0.25) is 15.2 Å². The van der Waals surface area contributed by atoms with Gasteiger partial charge in [-0.2, -0.15) is 18.3 Å². The molecule has 0 unspecified atom stereocenters. The summed E-state index contributed by atoms with van der Waals surface area (Å²) < 4.78 is 38.4. The molecule has 3 aromatic rings. The lowest BCUT2D eigenvalue weighted by Gasteiger charge is -2.07. The van der Waals surface area contributed by atoms with Gasteiger partial charge in [-0.05, 0) is 30.5 Å². The van der Waals surface area contributed by atoms with Gasteiger partial charge < -0.3 is 0 Å². The normalized spacial score (nSPS) is 11.5. The van der Waals surface area contributed by atoms with Gasteiger partial charge in [-0.25, -0.2) is 4.98 Å². The number of H-pyrrole nitrogens is 1. The molecule has 6 nitrogen and oxygen atoms in total. The maximum Gasteiger partial charge on any atom is 0.416 e. The van der Waals surface area contributed by atoms with E-state index in [0.29, 0.717) is 17.5 Å². The van der Waals surface area contributed by atoms with E-state index in [9.17, 15) is 23.3 Å². The predicted octanol–water partition coefficient (Wildman–Crippen LogP) is 4.79. The quantitative estimate of drug-likeness (QED) is 0.400. The van der Waals surface area contributed by atoms with Crippen LogP contribution in [-0.4, -0.2) is 26.4 Å². The summed E-state index contributed by atoms with van der Waals surface area (Å²) in [6.07, 6.45) is -2.74. The lowest BCUT2D eigenvalue weighted by atomic mass is 10.1. The minimum atomic E-state index is -4.67. The van der Waals surface area contributed by atoms with Crippen LogP contribution in [0.25, 0.3) is 22.8 Å². The van der Waals surface area contributed by atoms with Crippen molar-refractivity contribution in [2.75, 3.05) is 6.26 Å². The first-order chi connectivity index (χ1) is 12.3. The van der Waals surface area contributed by atoms with E-state index in [-0.39, 0.29) is 11.4 Å². The molecule has 0 saturated carbocycles. The lowest BCUT2D eigenvalue weighted by Crippen LogP contribution is -2.06. The predicted molar refractivity (Wildman–Crippen MR) is 90.7 cm³/mol. The Kier molecular flexibility index (Phi) is 4.68. The first-order valence-electron chi connectivity index (χ1n) is 7.22. The number of nitro benzene ring substituents is 1. The van der Waals surface area contributed by atoms with Crippen LogP contribution in [0.3, 0.4) is 0 Å². The van der Waals surface area contributed by atoms with Gasteiger partial charge >= 0.3 is 6.18 Å². The zero-order valence-corrected chi connectivity index (χ0v) is 14.1. The number of halogens is 3. The van der Waals surface area contributed by atoms with Crippen molar-refractivity contribution in [1.82, 2.24) is 15.2 Å². The third kappa shape index (κ3) is 3.54. The molecule has 0 amide bonds. The van der Waals surface area contributed by atoms with E-state index < -0.39 is 22.4 Å². The van der Waals surface area contributed by atoms with Gasteiger partial charge in [-0.15, -0.1) is 11.8 Å². The number of thioether (sulfide) groups is 1. The van der Waals surface area contributed by atoms with Gasteiger partial charge in [0.15, 0.2) is 11.6 Å². The SMILES string of the molecule is CSc1ccc(-c2n[nH]c(-c3ccc(C(F)(F)F)cc3[N+](=O)[O-])n2)cc1. The zero-order chi connectivity index (χ0) is 18.9. The van der Waals surface area contributed by atoms with Crippen LogP contribution in [0, 0.1) is 10.1 Å². The highest BCUT2D eigenvalue weighted by atomic mass is 32.2. The number of nitrogens with one attached hydrogen (secondary N) is 1. The molecule has 0 aliphatic carbocycles. The van der Waals surface area contributed by atoms with Crippen molar-refractivity contribution in [3.63, 3.8) is 0 Å². The first kappa shape index (κ1) is 17.9. The van der Waals surface area contributed by atoms with Crippen molar-refractivity contribution < 1.29 is 18.1 Å². The van der Waals surface area contributed by atoms with Crippen LogP contribution in [0.4, 0.5) is 18.9 Å². The summed E-state index contributed by atoms with van der Waals surface area (Å²) in [5.41, 5.74) is -1.18. The van der Waals surface area contributed by atoms with Crippen molar-refractivity contribution >= 4 is 17.4 Å². The van der Waals surface area contributed by atoms with Crippen LogP contribution in [0.2, 0.25) is 0 Å². The van der Waals surface area contributed by atoms with Crippen LogP contribution >= 0.6 is 11.8 Å². The number of rotatable bonds is 4. The van der Waals surface area contributed by atoms with Crippen LogP contribution in [-0.2, 0) is 6.18 Å². The molecule has 0 saturated heterocycles. The second-order valence-electron chi connectivity index (χ2n) is 5.22. The maximum absolute atomic E-state index is 12.8. The van der Waals surface area contributed by atoms with Crippen molar-refractivity contribution in [1.29, 1.82) is 0 Å². The maximum atomic E-state index is 12.8. The average molecular weight is 380 g/mol. The molecule has 0 bridgehead atoms. The topological polar surface area (TPSA) is 84.7 Å². The van der Waals surface area contributed by atoms with Crippen molar-refractivity contribution in [3.05, 3.63) is 58.1 Å². The van der Waals surface area contributed by atoms with Gasteiger partial charge in [0.05, 0.1) is 16.1 Å². The summed E-state index contributed by atoms with van der Waals surface area (Å²) in [6.45, 7) is 0. The number of nitro groups is 1. The largest absolute Gasteiger partial charge is 0.416 e. The molecule has 0 atom stereocenters. The molecule has 26 heavy (non-hydrogen) atoms. The molecule has 0 spiro atoms. The fourth-order valence-electron chi connectivity index (χ4n) is 2.31. The van der Waals surface area contributed by atoms with E-state index in [1.54, 1.807) is 23.9 Å². The molecule has 1 aromatic heterocycles. The number of benzene rings is 2. The molecule has 0 fully saturated rings. The number of aromatic amines is 1. The van der Waals surface area contributed by atoms with Gasteiger partial charge in [0.25, 0.3) is 5.69 Å². The Hall–Kier alpha value is -2.88. The minimum absolute atomic E-state index is 0.0226. The zero-order valence-electron chi connectivity index (χ0n) is 13.2. The van der Waals surface area contributed by atoms with Crippen molar-refractivity contribution in [2.45, 2.75) is 11.1 Å². The van der Waals surface area contributed by atoms with E-state index in [4.69, 9.17) is 0 Å². The van der Waals surface area contributed by atoms with Gasteiger partial charge in [0.2, 0.25) is 0 Å². The second kappa shape index (κ2) is 6.79. The Morgan fingerprint density at radius 2 is 1.85 bits per heavy atom. The number of alkyl halides is 3. The molecule has 134 valence electrons. The summed E-state index contributed by atoms with van der Waals surface area (Å²) >= 11 is 1.57. The summed E-state index contributed by atoms with van der Waals surface area (Å²) in [5.74, 6) is 0.316. The highest BCUT2D eigenvalue weighted by Gasteiger charge is 2.33. The van der Waals surface area contributed by atoms with Gasteiger partial charge in [0, 0.05) is 16.5 Å². The molecular weight excluding hydrogens is 369 g/mol. The van der Waals surface area contributed by atoms with Crippen LogP contribution in [0.1, 0.15) is 5.56 Å². The minimum Gasteiger partial charge on any atom is -0.258 e.